The summed E-state index contributed by atoms with van der Waals surface area (Å²) >= 11 is 5.71. The Kier molecular flexibility index (Phi) is 3.95. The van der Waals surface area contributed by atoms with Gasteiger partial charge in [-0.25, -0.2) is 4.98 Å². The van der Waals surface area contributed by atoms with Crippen LogP contribution in [0.4, 0.5) is 5.82 Å². The van der Waals surface area contributed by atoms with Crippen LogP contribution in [0.15, 0.2) is 48.7 Å². The van der Waals surface area contributed by atoms with Crippen LogP contribution in [0.1, 0.15) is 15.9 Å². The molecule has 0 aliphatic carbocycles. The molecule has 0 fully saturated rings. The van der Waals surface area contributed by atoms with Crippen molar-refractivity contribution in [2.45, 2.75) is 5.88 Å². The minimum absolute atomic E-state index is 0.0881. The summed E-state index contributed by atoms with van der Waals surface area (Å²) in [5.41, 5.74) is 1.62. The van der Waals surface area contributed by atoms with E-state index >= 15 is 0 Å². The highest BCUT2D eigenvalue weighted by Gasteiger charge is 2.13. The molecule has 92 valence electrons. The lowest BCUT2D eigenvalue weighted by Crippen LogP contribution is -2.26. The van der Waals surface area contributed by atoms with Gasteiger partial charge in [0.2, 0.25) is 0 Å². The van der Waals surface area contributed by atoms with Crippen LogP contribution in [-0.4, -0.2) is 17.9 Å². The summed E-state index contributed by atoms with van der Waals surface area (Å²) < 4.78 is 0. The maximum Gasteiger partial charge on any atom is 0.259 e. The number of hydrogen-bond acceptors (Lipinski definition) is 2. The van der Waals surface area contributed by atoms with E-state index in [0.717, 1.165) is 5.56 Å². The third-order valence-electron chi connectivity index (χ3n) is 2.65. The van der Waals surface area contributed by atoms with E-state index in [4.69, 9.17) is 11.6 Å². The minimum Gasteiger partial charge on any atom is -0.296 e. The number of halogens is 1. The van der Waals surface area contributed by atoms with E-state index in [1.54, 1.807) is 31.4 Å². The van der Waals surface area contributed by atoms with Crippen molar-refractivity contribution in [3.63, 3.8) is 0 Å². The van der Waals surface area contributed by atoms with E-state index < -0.39 is 0 Å². The van der Waals surface area contributed by atoms with Crippen molar-refractivity contribution in [3.05, 3.63) is 59.8 Å². The fourth-order valence-corrected chi connectivity index (χ4v) is 1.76. The van der Waals surface area contributed by atoms with Gasteiger partial charge in [-0.1, -0.05) is 18.2 Å². The molecule has 0 spiro atoms. The van der Waals surface area contributed by atoms with E-state index in [2.05, 4.69) is 4.98 Å². The van der Waals surface area contributed by atoms with Gasteiger partial charge in [0.15, 0.2) is 0 Å². The zero-order chi connectivity index (χ0) is 13.0. The Morgan fingerprint density at radius 3 is 2.50 bits per heavy atom. The van der Waals surface area contributed by atoms with Crippen LogP contribution < -0.4 is 4.90 Å². The average molecular weight is 261 g/mol. The molecule has 0 unspecified atom stereocenters. The lowest BCUT2D eigenvalue weighted by Gasteiger charge is -2.16. The lowest BCUT2D eigenvalue weighted by molar-refractivity contribution is 0.0992. The van der Waals surface area contributed by atoms with Crippen LogP contribution in [0.3, 0.4) is 0 Å². The topological polar surface area (TPSA) is 33.2 Å². The van der Waals surface area contributed by atoms with Crippen LogP contribution in [-0.2, 0) is 5.88 Å². The Balaban J connectivity index is 2.20. The molecule has 0 N–H and O–H groups in total. The van der Waals surface area contributed by atoms with Gasteiger partial charge in [-0.15, -0.1) is 11.6 Å². The quantitative estimate of drug-likeness (QED) is 0.795. The van der Waals surface area contributed by atoms with Crippen LogP contribution in [0.5, 0.6) is 0 Å². The van der Waals surface area contributed by atoms with Crippen molar-refractivity contribution in [2.75, 3.05) is 11.9 Å². The van der Waals surface area contributed by atoms with Gasteiger partial charge >= 0.3 is 0 Å². The van der Waals surface area contributed by atoms with Crippen molar-refractivity contribution in [2.24, 2.45) is 0 Å². The Morgan fingerprint density at radius 1 is 1.22 bits per heavy atom. The molecule has 0 radical (unpaired) electrons. The molecule has 1 aromatic carbocycles. The summed E-state index contributed by atoms with van der Waals surface area (Å²) in [6, 6.07) is 12.7. The van der Waals surface area contributed by atoms with Gasteiger partial charge in [0.1, 0.15) is 5.82 Å². The van der Waals surface area contributed by atoms with Gasteiger partial charge in [-0.3, -0.25) is 9.69 Å². The molecule has 2 rings (SSSR count). The number of carbonyl (C=O) groups is 1. The van der Waals surface area contributed by atoms with Crippen molar-refractivity contribution >= 4 is 23.3 Å². The van der Waals surface area contributed by atoms with E-state index in [0.29, 0.717) is 17.3 Å². The third-order valence-corrected chi connectivity index (χ3v) is 2.96. The van der Waals surface area contributed by atoms with Gasteiger partial charge in [0, 0.05) is 24.7 Å². The van der Waals surface area contributed by atoms with Gasteiger partial charge < -0.3 is 0 Å². The second-order valence-corrected chi connectivity index (χ2v) is 4.15. The number of aromatic nitrogens is 1. The summed E-state index contributed by atoms with van der Waals surface area (Å²) in [4.78, 5) is 17.9. The minimum atomic E-state index is -0.0881. The van der Waals surface area contributed by atoms with Gasteiger partial charge in [-0.2, -0.15) is 0 Å². The summed E-state index contributed by atoms with van der Waals surface area (Å²) in [7, 11) is 1.71. The molecule has 0 saturated carbocycles. The summed E-state index contributed by atoms with van der Waals surface area (Å²) in [5.74, 6) is 0.989. The largest absolute Gasteiger partial charge is 0.296 e. The third kappa shape index (κ3) is 2.68. The van der Waals surface area contributed by atoms with E-state index in [-0.39, 0.29) is 5.91 Å². The predicted octanol–water partition coefficient (Wildman–Crippen LogP) is 3.10. The lowest BCUT2D eigenvalue weighted by atomic mass is 10.1. The first-order valence-corrected chi connectivity index (χ1v) is 6.10. The zero-order valence-corrected chi connectivity index (χ0v) is 10.8. The number of anilines is 1. The highest BCUT2D eigenvalue weighted by Crippen LogP contribution is 2.13. The number of alkyl halides is 1. The molecule has 2 aromatic rings. The number of pyridine rings is 1. The number of nitrogens with zero attached hydrogens (tertiary/aromatic N) is 2. The normalized spacial score (nSPS) is 10.1. The van der Waals surface area contributed by atoms with Gasteiger partial charge in [0.25, 0.3) is 5.91 Å². The Labute approximate surface area is 111 Å². The van der Waals surface area contributed by atoms with Crippen LogP contribution in [0, 0.1) is 0 Å². The molecule has 0 atom stereocenters. The van der Waals surface area contributed by atoms with E-state index in [9.17, 15) is 4.79 Å². The maximum absolute atomic E-state index is 12.2. The SMILES string of the molecule is CN(C(=O)c1ccc(CCl)cc1)c1ccccn1. The Bertz CT molecular complexity index is 525. The second-order valence-electron chi connectivity index (χ2n) is 3.88. The highest BCUT2D eigenvalue weighted by molar-refractivity contribution is 6.17. The predicted molar refractivity (Wildman–Crippen MR) is 73.0 cm³/mol. The maximum atomic E-state index is 12.2. The summed E-state index contributed by atoms with van der Waals surface area (Å²) in [6.45, 7) is 0. The molecule has 18 heavy (non-hydrogen) atoms. The molecule has 1 amide bonds. The molecule has 1 heterocycles. The first kappa shape index (κ1) is 12.6. The number of hydrogen-bond donors (Lipinski definition) is 0. The fourth-order valence-electron chi connectivity index (χ4n) is 1.59. The second kappa shape index (κ2) is 5.65. The highest BCUT2D eigenvalue weighted by atomic mass is 35.5. The smallest absolute Gasteiger partial charge is 0.259 e. The summed E-state index contributed by atoms with van der Waals surface area (Å²) in [6.07, 6.45) is 1.66. The molecule has 0 aliphatic heterocycles. The van der Waals surface area contributed by atoms with Crippen LogP contribution in [0.25, 0.3) is 0 Å². The monoisotopic (exact) mass is 260 g/mol. The molecule has 4 heteroatoms. The Morgan fingerprint density at radius 2 is 1.94 bits per heavy atom. The van der Waals surface area contributed by atoms with Crippen molar-refractivity contribution in [1.82, 2.24) is 4.98 Å². The number of amides is 1. The molecule has 3 nitrogen and oxygen atoms in total. The zero-order valence-electron chi connectivity index (χ0n) is 10.0. The molecule has 0 saturated heterocycles. The van der Waals surface area contributed by atoms with Crippen molar-refractivity contribution < 1.29 is 4.79 Å². The molecule has 0 bridgehead atoms. The molecule has 1 aromatic heterocycles. The standard InChI is InChI=1S/C14H13ClN2O/c1-17(13-4-2-3-9-16-13)14(18)12-7-5-11(10-15)6-8-12/h2-9H,10H2,1H3. The van der Waals surface area contributed by atoms with Gasteiger partial charge in [0.05, 0.1) is 0 Å². The molecular formula is C14H13ClN2O. The Hall–Kier alpha value is -1.87. The fraction of sp³-hybridized carbons (Fsp3) is 0.143. The van der Waals surface area contributed by atoms with Gasteiger partial charge in [-0.05, 0) is 29.8 Å². The first-order valence-electron chi connectivity index (χ1n) is 5.56. The average Bonchev–Trinajstić information content (AvgIpc) is 2.47. The molecule has 0 aliphatic rings. The number of rotatable bonds is 3. The van der Waals surface area contributed by atoms with E-state index in [1.165, 1.54) is 4.90 Å². The number of benzene rings is 1. The van der Waals surface area contributed by atoms with Crippen LogP contribution >= 0.6 is 11.6 Å². The van der Waals surface area contributed by atoms with Crippen LogP contribution in [0.2, 0.25) is 0 Å². The van der Waals surface area contributed by atoms with Crippen molar-refractivity contribution in [1.29, 1.82) is 0 Å². The van der Waals surface area contributed by atoms with Crippen molar-refractivity contribution in [3.8, 4) is 0 Å². The number of carbonyl (C=O) groups excluding carboxylic acids is 1. The molecular weight excluding hydrogens is 248 g/mol. The summed E-state index contributed by atoms with van der Waals surface area (Å²) in [5, 5.41) is 0. The first-order chi connectivity index (χ1) is 8.72. The van der Waals surface area contributed by atoms with E-state index in [1.807, 2.05) is 24.3 Å².